The molecule has 2 N–H and O–H groups in total. The largest absolute Gasteiger partial charge is 0.476 e. The van der Waals surface area contributed by atoms with E-state index < -0.39 is 29.9 Å². The number of ketones is 1. The molecule has 2 rings (SSSR count). The molecule has 5 nitrogen and oxygen atoms in total. The molecule has 0 aromatic carbocycles. The summed E-state index contributed by atoms with van der Waals surface area (Å²) < 4.78 is 37.8. The van der Waals surface area contributed by atoms with Gasteiger partial charge in [0.05, 0.1) is 5.60 Å². The number of allylic oxidation sites excluding steroid dienone is 2. The SMILES string of the molecule is CC(O)(CC=C[C@@H]1CCC(=O)[C@@H]1CCSc1nc(C(=O)O)cs1)CCC(F)=C(F)F. The van der Waals surface area contributed by atoms with Crippen molar-refractivity contribution in [2.75, 3.05) is 5.75 Å². The second kappa shape index (κ2) is 11.1. The number of aliphatic hydroxyl groups is 1. The van der Waals surface area contributed by atoms with Gasteiger partial charge in [0, 0.05) is 29.9 Å². The summed E-state index contributed by atoms with van der Waals surface area (Å²) in [6.45, 7) is 1.47. The van der Waals surface area contributed by atoms with Crippen LogP contribution >= 0.6 is 23.1 Å². The van der Waals surface area contributed by atoms with Crippen LogP contribution in [-0.4, -0.2) is 38.3 Å². The first-order chi connectivity index (χ1) is 14.1. The number of hydrogen-bond acceptors (Lipinski definition) is 6. The summed E-state index contributed by atoms with van der Waals surface area (Å²) in [6.07, 6.45) is 2.59. The number of rotatable bonds is 11. The van der Waals surface area contributed by atoms with Crippen LogP contribution in [0.4, 0.5) is 13.2 Å². The lowest BCUT2D eigenvalue weighted by molar-refractivity contribution is -0.121. The van der Waals surface area contributed by atoms with Crippen molar-refractivity contribution in [3.8, 4) is 0 Å². The molecular weight excluding hydrogens is 439 g/mol. The number of carbonyl (C=O) groups is 2. The maximum absolute atomic E-state index is 12.9. The normalized spacial score (nSPS) is 21.2. The molecule has 1 fully saturated rings. The zero-order valence-electron chi connectivity index (χ0n) is 16.4. The Labute approximate surface area is 181 Å². The van der Waals surface area contributed by atoms with Crippen molar-refractivity contribution in [2.45, 2.75) is 55.4 Å². The van der Waals surface area contributed by atoms with Gasteiger partial charge in [0.25, 0.3) is 0 Å². The molecule has 1 aliphatic rings. The lowest BCUT2D eigenvalue weighted by atomic mass is 9.90. The highest BCUT2D eigenvalue weighted by atomic mass is 32.2. The minimum Gasteiger partial charge on any atom is -0.476 e. The maximum Gasteiger partial charge on any atom is 0.355 e. The average molecular weight is 464 g/mol. The molecule has 1 aliphatic carbocycles. The average Bonchev–Trinajstić information content (AvgIpc) is 3.28. The van der Waals surface area contributed by atoms with E-state index in [0.717, 1.165) is 0 Å². The number of thiazole rings is 1. The van der Waals surface area contributed by atoms with Crippen molar-refractivity contribution in [3.05, 3.63) is 35.1 Å². The van der Waals surface area contributed by atoms with Gasteiger partial charge in [-0.15, -0.1) is 11.3 Å². The number of aromatic carboxylic acids is 1. The third-order valence-corrected chi connectivity index (χ3v) is 7.09. The molecule has 1 aromatic rings. The highest BCUT2D eigenvalue weighted by molar-refractivity contribution is 8.01. The van der Waals surface area contributed by atoms with Crippen LogP contribution in [0.5, 0.6) is 0 Å². The van der Waals surface area contributed by atoms with Crippen LogP contribution in [0.25, 0.3) is 0 Å². The second-order valence-electron chi connectivity index (χ2n) is 7.51. The smallest absolute Gasteiger partial charge is 0.355 e. The van der Waals surface area contributed by atoms with Crippen molar-refractivity contribution in [1.82, 2.24) is 4.98 Å². The van der Waals surface area contributed by atoms with E-state index in [2.05, 4.69) is 4.98 Å². The molecule has 3 atom stereocenters. The van der Waals surface area contributed by atoms with Crippen LogP contribution in [0, 0.1) is 11.8 Å². The van der Waals surface area contributed by atoms with E-state index in [4.69, 9.17) is 5.11 Å². The van der Waals surface area contributed by atoms with Crippen molar-refractivity contribution in [3.63, 3.8) is 0 Å². The number of thioether (sulfide) groups is 1. The van der Waals surface area contributed by atoms with Gasteiger partial charge >= 0.3 is 12.0 Å². The van der Waals surface area contributed by atoms with E-state index in [1.165, 1.54) is 35.4 Å². The summed E-state index contributed by atoms with van der Waals surface area (Å²) in [7, 11) is 0. The quantitative estimate of drug-likeness (QED) is 0.334. The van der Waals surface area contributed by atoms with Crippen LogP contribution in [-0.2, 0) is 4.79 Å². The van der Waals surface area contributed by atoms with Gasteiger partial charge in [0.2, 0.25) is 0 Å². The third-order valence-electron chi connectivity index (χ3n) is 5.04. The molecule has 1 saturated carbocycles. The highest BCUT2D eigenvalue weighted by Gasteiger charge is 2.32. The maximum atomic E-state index is 12.9. The Hall–Kier alpha value is -1.65. The van der Waals surface area contributed by atoms with Crippen molar-refractivity contribution < 1.29 is 33.0 Å². The van der Waals surface area contributed by atoms with E-state index in [0.29, 0.717) is 29.4 Å². The standard InChI is InChI=1S/C20H24F3NO4S2/c1-20(28,9-6-14(21)17(22)23)8-2-3-12-4-5-16(25)13(12)7-10-29-19-24-15(11-30-19)18(26)27/h2-3,11-13,28H,4-10H2,1H3,(H,26,27)/t12-,13-,20?/m1/s1. The summed E-state index contributed by atoms with van der Waals surface area (Å²) in [5.74, 6) is -1.90. The van der Waals surface area contributed by atoms with E-state index >= 15 is 0 Å². The first-order valence-corrected chi connectivity index (χ1v) is 11.4. The van der Waals surface area contributed by atoms with Crippen LogP contribution in [0.1, 0.15) is 55.9 Å². The van der Waals surface area contributed by atoms with Crippen molar-refractivity contribution in [1.29, 1.82) is 0 Å². The highest BCUT2D eigenvalue weighted by Crippen LogP contribution is 2.35. The fraction of sp³-hybridized carbons (Fsp3) is 0.550. The van der Waals surface area contributed by atoms with E-state index in [-0.39, 0.29) is 36.2 Å². The minimum absolute atomic E-state index is 0.0110. The van der Waals surface area contributed by atoms with E-state index in [1.807, 2.05) is 6.08 Å². The number of aromatic nitrogens is 1. The molecule has 30 heavy (non-hydrogen) atoms. The van der Waals surface area contributed by atoms with E-state index in [1.54, 1.807) is 6.08 Å². The molecule has 1 unspecified atom stereocenters. The number of halogens is 3. The topological polar surface area (TPSA) is 87.5 Å². The number of Topliss-reactive ketones (excluding diaryl/α,β-unsaturated/α-hetero) is 1. The molecular formula is C20H24F3NO4S2. The van der Waals surface area contributed by atoms with Crippen LogP contribution in [0.15, 0.2) is 33.8 Å². The fourth-order valence-corrected chi connectivity index (χ4v) is 5.20. The molecule has 0 saturated heterocycles. The lowest BCUT2D eigenvalue weighted by Gasteiger charge is -2.21. The number of carboxylic acid groups (broad SMARTS) is 1. The van der Waals surface area contributed by atoms with Gasteiger partial charge in [-0.05, 0) is 38.5 Å². The first-order valence-electron chi connectivity index (χ1n) is 9.52. The zero-order valence-corrected chi connectivity index (χ0v) is 18.1. The van der Waals surface area contributed by atoms with Crippen molar-refractivity contribution in [2.24, 2.45) is 11.8 Å². The molecule has 0 aliphatic heterocycles. The molecule has 0 radical (unpaired) electrons. The van der Waals surface area contributed by atoms with Crippen LogP contribution < -0.4 is 0 Å². The molecule has 166 valence electrons. The number of nitrogens with zero attached hydrogens (tertiary/aromatic N) is 1. The van der Waals surface area contributed by atoms with Gasteiger partial charge in [-0.1, -0.05) is 23.9 Å². The number of carboxylic acids is 1. The predicted molar refractivity (Wildman–Crippen MR) is 110 cm³/mol. The number of hydrogen-bond donors (Lipinski definition) is 2. The van der Waals surface area contributed by atoms with Crippen LogP contribution in [0.3, 0.4) is 0 Å². The summed E-state index contributed by atoms with van der Waals surface area (Å²) in [4.78, 5) is 27.1. The molecule has 1 heterocycles. The molecule has 0 amide bonds. The Morgan fingerprint density at radius 2 is 2.17 bits per heavy atom. The Kier molecular flexibility index (Phi) is 9.11. The summed E-state index contributed by atoms with van der Waals surface area (Å²) in [5, 5.41) is 20.6. The monoisotopic (exact) mass is 463 g/mol. The fourth-order valence-electron chi connectivity index (χ4n) is 3.31. The second-order valence-corrected chi connectivity index (χ2v) is 9.71. The lowest BCUT2D eigenvalue weighted by Crippen LogP contribution is -2.23. The molecule has 0 bridgehead atoms. The van der Waals surface area contributed by atoms with Gasteiger partial charge in [0.15, 0.2) is 15.9 Å². The summed E-state index contributed by atoms with van der Waals surface area (Å²) in [6, 6.07) is 0. The predicted octanol–water partition coefficient (Wildman–Crippen LogP) is 5.47. The first kappa shape index (κ1) is 24.6. The van der Waals surface area contributed by atoms with Gasteiger partial charge in [-0.25, -0.2) is 14.2 Å². The minimum atomic E-state index is -2.36. The van der Waals surface area contributed by atoms with Crippen LogP contribution in [0.2, 0.25) is 0 Å². The number of carbonyl (C=O) groups excluding carboxylic acids is 1. The Bertz CT molecular complexity index is 819. The van der Waals surface area contributed by atoms with E-state index in [9.17, 15) is 27.9 Å². The van der Waals surface area contributed by atoms with Gasteiger partial charge in [-0.2, -0.15) is 8.78 Å². The third kappa shape index (κ3) is 7.55. The molecule has 1 aromatic heterocycles. The summed E-state index contributed by atoms with van der Waals surface area (Å²) in [5.41, 5.74) is -1.30. The van der Waals surface area contributed by atoms with Gasteiger partial charge in [0.1, 0.15) is 5.78 Å². The Morgan fingerprint density at radius 1 is 1.43 bits per heavy atom. The zero-order chi connectivity index (χ0) is 22.3. The Morgan fingerprint density at radius 3 is 2.80 bits per heavy atom. The summed E-state index contributed by atoms with van der Waals surface area (Å²) >= 11 is 2.67. The Balaban J connectivity index is 1.83. The van der Waals surface area contributed by atoms with Gasteiger partial charge in [-0.3, -0.25) is 4.79 Å². The molecule has 0 spiro atoms. The molecule has 10 heteroatoms. The van der Waals surface area contributed by atoms with Crippen molar-refractivity contribution >= 4 is 34.9 Å². The van der Waals surface area contributed by atoms with Gasteiger partial charge < -0.3 is 10.2 Å².